The summed E-state index contributed by atoms with van der Waals surface area (Å²) >= 11 is 1.65. The van der Waals surface area contributed by atoms with Gasteiger partial charge >= 0.3 is 0 Å². The molecule has 2 heterocycles. The third kappa shape index (κ3) is 1.01. The van der Waals surface area contributed by atoms with Gasteiger partial charge in [0.25, 0.3) is 5.91 Å². The lowest BCUT2D eigenvalue weighted by atomic mass is 10.5. The Bertz CT molecular complexity index is 285. The highest BCUT2D eigenvalue weighted by atomic mass is 32.2. The molecule has 1 aromatic heterocycles. The fourth-order valence-corrected chi connectivity index (χ4v) is 1.97. The van der Waals surface area contributed by atoms with Crippen molar-refractivity contribution in [3.8, 4) is 0 Å². The maximum absolute atomic E-state index is 10.6. The second kappa shape index (κ2) is 2.27. The molecule has 0 saturated heterocycles. The van der Waals surface area contributed by atoms with E-state index in [0.717, 1.165) is 17.5 Å². The number of hydrogen-bond acceptors (Lipinski definition) is 3. The van der Waals surface area contributed by atoms with Crippen LogP contribution in [-0.2, 0) is 6.54 Å². The van der Waals surface area contributed by atoms with Crippen LogP contribution in [0.3, 0.4) is 0 Å². The smallest absolute Gasteiger partial charge is 0.268 e. The van der Waals surface area contributed by atoms with Crippen LogP contribution in [0.1, 0.15) is 10.5 Å². The molecule has 0 spiro atoms. The summed E-state index contributed by atoms with van der Waals surface area (Å²) in [4.78, 5) is 14.7. The van der Waals surface area contributed by atoms with E-state index in [0.29, 0.717) is 5.69 Å². The van der Waals surface area contributed by atoms with E-state index in [4.69, 9.17) is 5.73 Å². The van der Waals surface area contributed by atoms with Gasteiger partial charge in [-0.2, -0.15) is 0 Å². The van der Waals surface area contributed by atoms with Gasteiger partial charge in [0.2, 0.25) is 0 Å². The Morgan fingerprint density at radius 2 is 2.64 bits per heavy atom. The third-order valence-corrected chi connectivity index (χ3v) is 2.53. The summed E-state index contributed by atoms with van der Waals surface area (Å²) in [6.07, 6.45) is 1.71. The number of amides is 1. The number of fused-ring (bicyclic) bond motifs is 1. The van der Waals surface area contributed by atoms with E-state index in [1.54, 1.807) is 18.0 Å². The van der Waals surface area contributed by atoms with E-state index in [9.17, 15) is 4.79 Å². The first-order chi connectivity index (χ1) is 5.27. The predicted molar refractivity (Wildman–Crippen MR) is 41.5 cm³/mol. The molecule has 0 saturated carbocycles. The maximum Gasteiger partial charge on any atom is 0.268 e. The molecule has 1 amide bonds. The van der Waals surface area contributed by atoms with E-state index in [1.807, 2.05) is 4.57 Å². The number of carbonyl (C=O) groups is 1. The predicted octanol–water partition coefficient (Wildman–Crippen LogP) is 0.0877. The van der Waals surface area contributed by atoms with Gasteiger partial charge in [-0.05, 0) is 0 Å². The lowest BCUT2D eigenvalue weighted by Crippen LogP contribution is -2.11. The van der Waals surface area contributed by atoms with E-state index in [1.165, 1.54) is 0 Å². The molecule has 0 atom stereocenters. The number of nitrogens with zero attached hydrogens (tertiary/aromatic N) is 2. The van der Waals surface area contributed by atoms with Crippen molar-refractivity contribution < 1.29 is 4.79 Å². The summed E-state index contributed by atoms with van der Waals surface area (Å²) in [6, 6.07) is 0. The standard InChI is InChI=1S/C6H7N3OS/c7-5(10)4-3-9-1-2-11-6(9)8-4/h3H,1-2H2,(H2,7,10). The van der Waals surface area contributed by atoms with Crippen molar-refractivity contribution in [3.63, 3.8) is 0 Å². The van der Waals surface area contributed by atoms with Gasteiger partial charge in [0, 0.05) is 18.5 Å². The van der Waals surface area contributed by atoms with Crippen LogP contribution >= 0.6 is 11.8 Å². The zero-order chi connectivity index (χ0) is 7.84. The zero-order valence-electron chi connectivity index (χ0n) is 5.78. The highest BCUT2D eigenvalue weighted by Gasteiger charge is 2.16. The topological polar surface area (TPSA) is 60.9 Å². The summed E-state index contributed by atoms with van der Waals surface area (Å²) in [5.74, 6) is 0.592. The van der Waals surface area contributed by atoms with Crippen LogP contribution in [0.25, 0.3) is 0 Å². The molecule has 2 N–H and O–H groups in total. The number of rotatable bonds is 1. The molecule has 4 nitrogen and oxygen atoms in total. The summed E-state index contributed by atoms with van der Waals surface area (Å²) in [7, 11) is 0. The van der Waals surface area contributed by atoms with E-state index < -0.39 is 5.91 Å². The number of imidazole rings is 1. The first-order valence-electron chi connectivity index (χ1n) is 3.27. The van der Waals surface area contributed by atoms with Gasteiger partial charge < -0.3 is 10.3 Å². The minimum Gasteiger partial charge on any atom is -0.364 e. The van der Waals surface area contributed by atoms with Crippen LogP contribution in [0.2, 0.25) is 0 Å². The van der Waals surface area contributed by atoms with Gasteiger partial charge in [0.15, 0.2) is 5.16 Å². The molecule has 1 aliphatic rings. The SMILES string of the molecule is NC(=O)c1cn2c(n1)SCC2. The molecular weight excluding hydrogens is 162 g/mol. The number of aryl methyl sites for hydroxylation is 1. The van der Waals surface area contributed by atoms with Crippen LogP contribution in [0.5, 0.6) is 0 Å². The Kier molecular flexibility index (Phi) is 1.38. The Morgan fingerprint density at radius 1 is 1.82 bits per heavy atom. The summed E-state index contributed by atoms with van der Waals surface area (Å²) < 4.78 is 1.95. The van der Waals surface area contributed by atoms with Crippen molar-refractivity contribution in [2.75, 3.05) is 5.75 Å². The lowest BCUT2D eigenvalue weighted by Gasteiger charge is -1.87. The molecule has 0 radical (unpaired) electrons. The van der Waals surface area contributed by atoms with Crippen molar-refractivity contribution >= 4 is 17.7 Å². The number of hydrogen-bond donors (Lipinski definition) is 1. The van der Waals surface area contributed by atoms with Crippen LogP contribution in [0, 0.1) is 0 Å². The number of thioether (sulfide) groups is 1. The van der Waals surface area contributed by atoms with Gasteiger partial charge in [-0.15, -0.1) is 0 Å². The zero-order valence-corrected chi connectivity index (χ0v) is 6.60. The summed E-state index contributed by atoms with van der Waals surface area (Å²) in [5, 5.41) is 0.902. The number of carbonyl (C=O) groups excluding carboxylic acids is 1. The van der Waals surface area contributed by atoms with Crippen molar-refractivity contribution in [3.05, 3.63) is 11.9 Å². The van der Waals surface area contributed by atoms with E-state index >= 15 is 0 Å². The van der Waals surface area contributed by atoms with Gasteiger partial charge in [0.1, 0.15) is 5.69 Å². The normalized spacial score (nSPS) is 14.9. The van der Waals surface area contributed by atoms with Gasteiger partial charge in [0.05, 0.1) is 0 Å². The first-order valence-corrected chi connectivity index (χ1v) is 4.26. The molecule has 1 aromatic rings. The Hall–Kier alpha value is -0.970. The van der Waals surface area contributed by atoms with Crippen molar-refractivity contribution in [1.29, 1.82) is 0 Å². The highest BCUT2D eigenvalue weighted by Crippen LogP contribution is 2.23. The Labute approximate surface area is 67.8 Å². The summed E-state index contributed by atoms with van der Waals surface area (Å²) in [6.45, 7) is 0.931. The van der Waals surface area contributed by atoms with Crippen molar-refractivity contribution in [1.82, 2.24) is 9.55 Å². The van der Waals surface area contributed by atoms with Crippen LogP contribution in [-0.4, -0.2) is 21.2 Å². The van der Waals surface area contributed by atoms with Crippen LogP contribution in [0.15, 0.2) is 11.4 Å². The maximum atomic E-state index is 10.6. The summed E-state index contributed by atoms with van der Waals surface area (Å²) in [5.41, 5.74) is 5.42. The number of nitrogens with two attached hydrogens (primary N) is 1. The number of aromatic nitrogens is 2. The molecule has 11 heavy (non-hydrogen) atoms. The third-order valence-electron chi connectivity index (χ3n) is 1.56. The monoisotopic (exact) mass is 169 g/mol. The molecule has 2 rings (SSSR count). The second-order valence-corrected chi connectivity index (χ2v) is 3.38. The largest absolute Gasteiger partial charge is 0.364 e. The molecule has 58 valence electrons. The fourth-order valence-electron chi connectivity index (χ4n) is 1.03. The van der Waals surface area contributed by atoms with Crippen LogP contribution < -0.4 is 5.73 Å². The molecule has 0 aliphatic carbocycles. The van der Waals surface area contributed by atoms with Crippen molar-refractivity contribution in [2.24, 2.45) is 5.73 Å². The fraction of sp³-hybridized carbons (Fsp3) is 0.333. The van der Waals surface area contributed by atoms with E-state index in [2.05, 4.69) is 4.98 Å². The Morgan fingerprint density at radius 3 is 3.27 bits per heavy atom. The minimum atomic E-state index is -0.451. The molecule has 0 bridgehead atoms. The van der Waals surface area contributed by atoms with Gasteiger partial charge in [-0.25, -0.2) is 4.98 Å². The van der Waals surface area contributed by atoms with Crippen molar-refractivity contribution in [2.45, 2.75) is 11.7 Å². The van der Waals surface area contributed by atoms with E-state index in [-0.39, 0.29) is 0 Å². The molecule has 0 unspecified atom stereocenters. The first kappa shape index (κ1) is 6.72. The Balaban J connectivity index is 2.42. The van der Waals surface area contributed by atoms with Crippen LogP contribution in [0.4, 0.5) is 0 Å². The number of primary amides is 1. The second-order valence-electron chi connectivity index (χ2n) is 2.31. The molecule has 0 fully saturated rings. The molecule has 5 heteroatoms. The minimum absolute atomic E-state index is 0.368. The molecule has 0 aromatic carbocycles. The lowest BCUT2D eigenvalue weighted by molar-refractivity contribution is 0.0995. The molecular formula is C6H7N3OS. The highest BCUT2D eigenvalue weighted by molar-refractivity contribution is 7.99. The average molecular weight is 169 g/mol. The van der Waals surface area contributed by atoms with Gasteiger partial charge in [-0.3, -0.25) is 4.79 Å². The van der Waals surface area contributed by atoms with Gasteiger partial charge in [-0.1, -0.05) is 11.8 Å². The average Bonchev–Trinajstić information content (AvgIpc) is 2.40. The quantitative estimate of drug-likeness (QED) is 0.648. The molecule has 1 aliphatic heterocycles.